The van der Waals surface area contributed by atoms with Crippen LogP contribution in [-0.2, 0) is 4.79 Å². The lowest BCUT2D eigenvalue weighted by atomic mass is 9.72. The Bertz CT molecular complexity index is 241. The van der Waals surface area contributed by atoms with E-state index in [0.29, 0.717) is 11.7 Å². The summed E-state index contributed by atoms with van der Waals surface area (Å²) < 4.78 is 0. The van der Waals surface area contributed by atoms with E-state index in [0.717, 1.165) is 18.8 Å². The summed E-state index contributed by atoms with van der Waals surface area (Å²) in [4.78, 5) is 12.2. The van der Waals surface area contributed by atoms with E-state index in [-0.39, 0.29) is 5.41 Å². The predicted octanol–water partition coefficient (Wildman–Crippen LogP) is 5.38. The largest absolute Gasteiger partial charge is 0.299 e. The molecule has 0 radical (unpaired) electrons. The number of rotatable bonds is 6. The maximum Gasteiger partial charge on any atom is 0.141 e. The minimum absolute atomic E-state index is 0.140. The van der Waals surface area contributed by atoms with E-state index in [4.69, 9.17) is 0 Å². The van der Waals surface area contributed by atoms with Crippen molar-refractivity contribution >= 4 is 5.78 Å². The van der Waals surface area contributed by atoms with Gasteiger partial charge in [-0.25, -0.2) is 0 Å². The van der Waals surface area contributed by atoms with Gasteiger partial charge in [0.05, 0.1) is 0 Å². The zero-order chi connectivity index (χ0) is 13.6. The Kier molecular flexibility index (Phi) is 6.38. The first kappa shape index (κ1) is 15.7. The fourth-order valence-corrected chi connectivity index (χ4v) is 3.19. The molecule has 1 rings (SSSR count). The minimum Gasteiger partial charge on any atom is -0.299 e. The Morgan fingerprint density at radius 3 is 2.11 bits per heavy atom. The molecule has 18 heavy (non-hydrogen) atoms. The van der Waals surface area contributed by atoms with E-state index < -0.39 is 0 Å². The van der Waals surface area contributed by atoms with Crippen LogP contribution in [0, 0.1) is 17.3 Å². The van der Waals surface area contributed by atoms with Crippen LogP contribution in [0.25, 0.3) is 0 Å². The fourth-order valence-electron chi connectivity index (χ4n) is 3.19. The number of carbonyl (C=O) groups excluding carboxylic acids is 1. The number of carbonyl (C=O) groups is 1. The monoisotopic (exact) mass is 252 g/mol. The molecule has 1 saturated carbocycles. The maximum absolute atomic E-state index is 12.2. The molecule has 0 N–H and O–H groups in total. The molecule has 106 valence electrons. The topological polar surface area (TPSA) is 17.1 Å². The molecule has 0 aromatic rings. The zero-order valence-electron chi connectivity index (χ0n) is 12.9. The molecule has 0 unspecified atom stereocenters. The molecule has 0 amide bonds. The van der Waals surface area contributed by atoms with Crippen LogP contribution in [0.2, 0.25) is 0 Å². The van der Waals surface area contributed by atoms with Gasteiger partial charge in [0.25, 0.3) is 0 Å². The number of hydrogen-bond acceptors (Lipinski definition) is 1. The highest BCUT2D eigenvalue weighted by Crippen LogP contribution is 2.35. The van der Waals surface area contributed by atoms with Gasteiger partial charge >= 0.3 is 0 Å². The molecule has 0 atom stereocenters. The SMILES string of the molecule is CCCCCCC1CCC(C(=O)C(C)(C)C)CC1. The van der Waals surface area contributed by atoms with E-state index in [2.05, 4.69) is 27.7 Å². The molecule has 1 heteroatoms. The Morgan fingerprint density at radius 2 is 1.61 bits per heavy atom. The van der Waals surface area contributed by atoms with Crippen LogP contribution in [0.15, 0.2) is 0 Å². The average molecular weight is 252 g/mol. The van der Waals surface area contributed by atoms with Gasteiger partial charge in [-0.1, -0.05) is 59.8 Å². The number of unbranched alkanes of at least 4 members (excludes halogenated alkanes) is 3. The normalized spacial score (nSPS) is 25.1. The van der Waals surface area contributed by atoms with Gasteiger partial charge in [0.15, 0.2) is 0 Å². The zero-order valence-corrected chi connectivity index (χ0v) is 12.9. The van der Waals surface area contributed by atoms with E-state index in [9.17, 15) is 4.79 Å². The molecular weight excluding hydrogens is 220 g/mol. The molecule has 0 spiro atoms. The first-order valence-electron chi connectivity index (χ1n) is 7.99. The molecular formula is C17H32O. The van der Waals surface area contributed by atoms with E-state index in [1.54, 1.807) is 0 Å². The summed E-state index contributed by atoms with van der Waals surface area (Å²) in [5.74, 6) is 1.76. The molecule has 0 bridgehead atoms. The van der Waals surface area contributed by atoms with Crippen molar-refractivity contribution in [1.82, 2.24) is 0 Å². The van der Waals surface area contributed by atoms with Crippen molar-refractivity contribution in [1.29, 1.82) is 0 Å². The maximum atomic E-state index is 12.2. The Morgan fingerprint density at radius 1 is 1.00 bits per heavy atom. The summed E-state index contributed by atoms with van der Waals surface area (Å²) in [6.07, 6.45) is 11.8. The van der Waals surface area contributed by atoms with Gasteiger partial charge < -0.3 is 0 Å². The summed E-state index contributed by atoms with van der Waals surface area (Å²) >= 11 is 0. The van der Waals surface area contributed by atoms with E-state index in [1.807, 2.05) is 0 Å². The third-order valence-electron chi connectivity index (χ3n) is 4.42. The van der Waals surface area contributed by atoms with Crippen molar-refractivity contribution < 1.29 is 4.79 Å². The van der Waals surface area contributed by atoms with Crippen molar-refractivity contribution in [2.75, 3.05) is 0 Å². The van der Waals surface area contributed by atoms with Gasteiger partial charge in [0, 0.05) is 11.3 Å². The molecule has 1 nitrogen and oxygen atoms in total. The van der Waals surface area contributed by atoms with Gasteiger partial charge in [-0.3, -0.25) is 4.79 Å². The summed E-state index contributed by atoms with van der Waals surface area (Å²) in [5, 5.41) is 0. The van der Waals surface area contributed by atoms with Crippen LogP contribution in [0.5, 0.6) is 0 Å². The van der Waals surface area contributed by atoms with Crippen LogP contribution in [0.1, 0.15) is 85.5 Å². The summed E-state index contributed by atoms with van der Waals surface area (Å²) in [6, 6.07) is 0. The first-order chi connectivity index (χ1) is 8.45. The Balaban J connectivity index is 2.22. The molecule has 0 aromatic heterocycles. The van der Waals surface area contributed by atoms with Gasteiger partial charge in [0.1, 0.15) is 5.78 Å². The van der Waals surface area contributed by atoms with E-state index >= 15 is 0 Å². The fraction of sp³-hybridized carbons (Fsp3) is 0.941. The lowest BCUT2D eigenvalue weighted by molar-refractivity contribution is -0.131. The standard InChI is InChI=1S/C17H32O/c1-5-6-7-8-9-14-10-12-15(13-11-14)16(18)17(2,3)4/h14-15H,5-13H2,1-4H3. The Labute approximate surface area is 114 Å². The smallest absolute Gasteiger partial charge is 0.141 e. The molecule has 0 heterocycles. The highest BCUT2D eigenvalue weighted by atomic mass is 16.1. The molecule has 1 aliphatic carbocycles. The van der Waals surface area contributed by atoms with Crippen molar-refractivity contribution in [2.24, 2.45) is 17.3 Å². The third kappa shape index (κ3) is 5.12. The van der Waals surface area contributed by atoms with Crippen LogP contribution >= 0.6 is 0 Å². The van der Waals surface area contributed by atoms with Crippen LogP contribution < -0.4 is 0 Å². The van der Waals surface area contributed by atoms with Gasteiger partial charge in [-0.2, -0.15) is 0 Å². The molecule has 0 aromatic carbocycles. The summed E-state index contributed by atoms with van der Waals surface area (Å²) in [6.45, 7) is 8.45. The van der Waals surface area contributed by atoms with Crippen molar-refractivity contribution in [3.63, 3.8) is 0 Å². The first-order valence-corrected chi connectivity index (χ1v) is 7.99. The quantitative estimate of drug-likeness (QED) is 0.580. The second kappa shape index (κ2) is 7.31. The predicted molar refractivity (Wildman–Crippen MR) is 78.7 cm³/mol. The third-order valence-corrected chi connectivity index (χ3v) is 4.42. The molecule has 0 saturated heterocycles. The molecule has 1 fully saturated rings. The lowest BCUT2D eigenvalue weighted by Crippen LogP contribution is -2.31. The molecule has 0 aliphatic heterocycles. The minimum atomic E-state index is -0.140. The molecule has 1 aliphatic rings. The highest BCUT2D eigenvalue weighted by molar-refractivity contribution is 5.85. The Hall–Kier alpha value is -0.330. The van der Waals surface area contributed by atoms with Crippen LogP contribution in [0.4, 0.5) is 0 Å². The van der Waals surface area contributed by atoms with Crippen molar-refractivity contribution in [2.45, 2.75) is 85.5 Å². The second-order valence-corrected chi connectivity index (χ2v) is 7.18. The van der Waals surface area contributed by atoms with Gasteiger partial charge in [0.2, 0.25) is 0 Å². The van der Waals surface area contributed by atoms with Crippen molar-refractivity contribution in [3.05, 3.63) is 0 Å². The van der Waals surface area contributed by atoms with Gasteiger partial charge in [-0.05, 0) is 31.6 Å². The highest BCUT2D eigenvalue weighted by Gasteiger charge is 2.32. The average Bonchev–Trinajstić information content (AvgIpc) is 2.33. The number of hydrogen-bond donors (Lipinski definition) is 0. The number of Topliss-reactive ketones (excluding diaryl/α,β-unsaturated/α-hetero) is 1. The second-order valence-electron chi connectivity index (χ2n) is 7.18. The summed E-state index contributed by atoms with van der Waals surface area (Å²) in [7, 11) is 0. The lowest BCUT2D eigenvalue weighted by Gasteiger charge is -2.31. The van der Waals surface area contributed by atoms with Gasteiger partial charge in [-0.15, -0.1) is 0 Å². The number of ketones is 1. The summed E-state index contributed by atoms with van der Waals surface area (Å²) in [5.41, 5.74) is -0.140. The van der Waals surface area contributed by atoms with Crippen LogP contribution in [-0.4, -0.2) is 5.78 Å². The van der Waals surface area contributed by atoms with Crippen LogP contribution in [0.3, 0.4) is 0 Å². The van der Waals surface area contributed by atoms with Crippen molar-refractivity contribution in [3.8, 4) is 0 Å². The van der Waals surface area contributed by atoms with E-state index in [1.165, 1.54) is 44.9 Å².